The van der Waals surface area contributed by atoms with Gasteiger partial charge in [0.15, 0.2) is 6.23 Å². The van der Waals surface area contributed by atoms with Crippen molar-refractivity contribution < 1.29 is 23.9 Å². The minimum atomic E-state index is -1.05. The number of hydrogen-bond acceptors (Lipinski definition) is 9. The molecule has 1 unspecified atom stereocenters. The maximum atomic E-state index is 13.4. The second-order valence-electron chi connectivity index (χ2n) is 11.5. The van der Waals surface area contributed by atoms with Crippen LogP contribution in [0.2, 0.25) is 0 Å². The Balaban J connectivity index is 1.38. The molecule has 3 atom stereocenters. The first-order valence-corrected chi connectivity index (χ1v) is 15.3. The van der Waals surface area contributed by atoms with Crippen LogP contribution < -0.4 is 10.6 Å². The van der Waals surface area contributed by atoms with Crippen molar-refractivity contribution in [3.8, 4) is 10.7 Å². The third kappa shape index (κ3) is 8.66. The van der Waals surface area contributed by atoms with Crippen LogP contribution in [0.3, 0.4) is 0 Å². The Bertz CT molecular complexity index is 1410. The van der Waals surface area contributed by atoms with Crippen molar-refractivity contribution in [2.75, 3.05) is 6.54 Å². The van der Waals surface area contributed by atoms with Gasteiger partial charge in [0, 0.05) is 30.7 Å². The van der Waals surface area contributed by atoms with E-state index in [1.165, 1.54) is 16.2 Å². The molecule has 1 saturated heterocycles. The lowest BCUT2D eigenvalue weighted by Crippen LogP contribution is -2.49. The van der Waals surface area contributed by atoms with Gasteiger partial charge in [0.2, 0.25) is 11.7 Å². The molecule has 3 heterocycles. The predicted octanol–water partition coefficient (Wildman–Crippen LogP) is 4.46. The van der Waals surface area contributed by atoms with Crippen molar-refractivity contribution in [2.45, 2.75) is 78.1 Å². The quantitative estimate of drug-likeness (QED) is 0.288. The topological polar surface area (TPSA) is 143 Å². The number of rotatable bonds is 12. The summed E-state index contributed by atoms with van der Waals surface area (Å²) in [6.07, 6.45) is 5.25. The van der Waals surface area contributed by atoms with Crippen molar-refractivity contribution in [1.82, 2.24) is 30.5 Å². The van der Waals surface area contributed by atoms with E-state index in [2.05, 4.69) is 25.6 Å². The molecule has 228 valence electrons. The molecule has 0 aliphatic carbocycles. The molecule has 43 heavy (non-hydrogen) atoms. The lowest BCUT2D eigenvalue weighted by atomic mass is 9.93. The summed E-state index contributed by atoms with van der Waals surface area (Å²) in [7, 11) is 0. The first kappa shape index (κ1) is 31.7. The number of unbranched alkanes of at least 4 members (excludes halogenated alkanes) is 1. The van der Waals surface area contributed by atoms with Gasteiger partial charge in [0.05, 0.1) is 24.4 Å². The zero-order chi connectivity index (χ0) is 31.0. The van der Waals surface area contributed by atoms with Crippen LogP contribution in [0.5, 0.6) is 0 Å². The number of aromatic nitrogens is 3. The van der Waals surface area contributed by atoms with Crippen LogP contribution in [0.15, 0.2) is 54.3 Å². The van der Waals surface area contributed by atoms with Crippen molar-refractivity contribution in [2.24, 2.45) is 5.41 Å². The number of nitrogens with one attached hydrogen (secondary N) is 2. The molecule has 0 saturated carbocycles. The second kappa shape index (κ2) is 14.3. The number of hydrogen-bond donors (Lipinski definition) is 2. The summed E-state index contributed by atoms with van der Waals surface area (Å²) in [5, 5.41) is 7.79. The first-order chi connectivity index (χ1) is 20.6. The number of Topliss-reactive ketones (excluding diaryl/α,β-unsaturated/α-hetero) is 1. The summed E-state index contributed by atoms with van der Waals surface area (Å²) < 4.78 is 5.72. The Kier molecular flexibility index (Phi) is 10.6. The van der Waals surface area contributed by atoms with Crippen LogP contribution in [0, 0.1) is 5.41 Å². The lowest BCUT2D eigenvalue weighted by Gasteiger charge is -2.25. The van der Waals surface area contributed by atoms with Crippen LogP contribution in [-0.2, 0) is 25.5 Å². The minimum Gasteiger partial charge on any atom is -0.425 e. The van der Waals surface area contributed by atoms with Gasteiger partial charge in [-0.2, -0.15) is 0 Å². The van der Waals surface area contributed by atoms with E-state index in [4.69, 9.17) is 4.74 Å². The SMILES string of the molecule is CCCC[C@H](NC(=O)OC1CC(C)(C)CN1C(=O)Cc1csc(-c2cnccn2)n1)C(=O)C(=O)N[C@H](C)c1ccccc1. The molecule has 3 amide bonds. The summed E-state index contributed by atoms with van der Waals surface area (Å²) in [5.41, 5.74) is 1.78. The molecule has 11 nitrogen and oxygen atoms in total. The van der Waals surface area contributed by atoms with Crippen molar-refractivity contribution in [3.63, 3.8) is 0 Å². The average Bonchev–Trinajstić information content (AvgIpc) is 3.58. The van der Waals surface area contributed by atoms with E-state index >= 15 is 0 Å². The van der Waals surface area contributed by atoms with Crippen LogP contribution in [0.1, 0.15) is 70.7 Å². The Morgan fingerprint density at radius 3 is 2.60 bits per heavy atom. The second-order valence-corrected chi connectivity index (χ2v) is 12.3. The van der Waals surface area contributed by atoms with E-state index in [1.807, 2.05) is 51.1 Å². The Morgan fingerprint density at radius 1 is 1.14 bits per heavy atom. The molecule has 0 bridgehead atoms. The van der Waals surface area contributed by atoms with Gasteiger partial charge < -0.3 is 20.3 Å². The van der Waals surface area contributed by atoms with Crippen LogP contribution in [-0.4, -0.2) is 62.4 Å². The number of alkyl carbamates (subject to hydrolysis) is 1. The van der Waals surface area contributed by atoms with Crippen LogP contribution in [0.25, 0.3) is 10.7 Å². The third-order valence-corrected chi connectivity index (χ3v) is 8.14. The highest BCUT2D eigenvalue weighted by Crippen LogP contribution is 2.35. The van der Waals surface area contributed by atoms with E-state index < -0.39 is 30.1 Å². The number of benzene rings is 1. The van der Waals surface area contributed by atoms with Crippen molar-refractivity contribution >= 4 is 35.0 Å². The van der Waals surface area contributed by atoms with Crippen LogP contribution >= 0.6 is 11.3 Å². The van der Waals surface area contributed by atoms with Crippen molar-refractivity contribution in [1.29, 1.82) is 0 Å². The number of ketones is 1. The highest BCUT2D eigenvalue weighted by Gasteiger charge is 2.42. The standard InChI is InChI=1S/C31H38N6O5S/c1-5-6-12-23(27(39)28(40)34-20(2)21-10-8-7-9-11-21)36-30(41)42-26-16-31(3,4)19-37(26)25(38)15-22-18-43-29(35-22)24-17-32-13-14-33-24/h7-11,13-14,17-18,20,23,26H,5-6,12,15-16,19H2,1-4H3,(H,34,40)(H,36,41)/t20-,23+,26?/m1/s1. The monoisotopic (exact) mass is 606 g/mol. The number of ether oxygens (including phenoxy) is 1. The highest BCUT2D eigenvalue weighted by atomic mass is 32.1. The summed E-state index contributed by atoms with van der Waals surface area (Å²) in [6.45, 7) is 8.13. The number of thiazole rings is 1. The fraction of sp³-hybridized carbons (Fsp3) is 0.452. The normalized spacial score (nSPS) is 17.1. The maximum Gasteiger partial charge on any atom is 0.409 e. The molecule has 1 aliphatic rings. The van der Waals surface area contributed by atoms with Gasteiger partial charge in [-0.1, -0.05) is 63.9 Å². The molecule has 1 aromatic carbocycles. The molecule has 0 radical (unpaired) electrons. The molecule has 1 aliphatic heterocycles. The fourth-order valence-corrected chi connectivity index (χ4v) is 5.74. The smallest absolute Gasteiger partial charge is 0.409 e. The largest absolute Gasteiger partial charge is 0.425 e. The van der Waals surface area contributed by atoms with E-state index in [0.717, 1.165) is 12.0 Å². The highest BCUT2D eigenvalue weighted by molar-refractivity contribution is 7.13. The van der Waals surface area contributed by atoms with Gasteiger partial charge in [0.1, 0.15) is 16.7 Å². The number of carbonyl (C=O) groups is 4. The first-order valence-electron chi connectivity index (χ1n) is 14.4. The zero-order valence-corrected chi connectivity index (χ0v) is 25.7. The van der Waals surface area contributed by atoms with E-state index in [-0.39, 0.29) is 30.2 Å². The summed E-state index contributed by atoms with van der Waals surface area (Å²) >= 11 is 1.37. The number of amides is 3. The Hall–Kier alpha value is -4.19. The molecule has 0 spiro atoms. The predicted molar refractivity (Wildman–Crippen MR) is 162 cm³/mol. The summed E-state index contributed by atoms with van der Waals surface area (Å²) in [6, 6.07) is 7.87. The molecule has 1 fully saturated rings. The van der Waals surface area contributed by atoms with Gasteiger partial charge in [-0.05, 0) is 24.3 Å². The Morgan fingerprint density at radius 2 is 1.91 bits per heavy atom. The Labute approximate surface area is 255 Å². The molecule has 2 N–H and O–H groups in total. The maximum absolute atomic E-state index is 13.4. The third-order valence-electron chi connectivity index (χ3n) is 7.23. The van der Waals surface area contributed by atoms with Crippen LogP contribution in [0.4, 0.5) is 4.79 Å². The van der Waals surface area contributed by atoms with Gasteiger partial charge in [0.25, 0.3) is 5.91 Å². The number of likely N-dealkylation sites (tertiary alicyclic amines) is 1. The molecule has 3 aromatic rings. The lowest BCUT2D eigenvalue weighted by molar-refractivity contribution is -0.140. The molecular formula is C31H38N6O5S. The van der Waals surface area contributed by atoms with E-state index in [0.29, 0.717) is 35.8 Å². The van der Waals surface area contributed by atoms with Crippen molar-refractivity contribution in [3.05, 3.63) is 65.6 Å². The minimum absolute atomic E-state index is 0.0334. The van der Waals surface area contributed by atoms with Gasteiger partial charge in [-0.25, -0.2) is 9.78 Å². The van der Waals surface area contributed by atoms with E-state index in [9.17, 15) is 19.2 Å². The van der Waals surface area contributed by atoms with Gasteiger partial charge >= 0.3 is 6.09 Å². The molecule has 2 aromatic heterocycles. The number of carbonyl (C=O) groups excluding carboxylic acids is 4. The molecule has 4 rings (SSSR count). The average molecular weight is 607 g/mol. The van der Waals surface area contributed by atoms with Gasteiger partial charge in [-0.3, -0.25) is 24.4 Å². The zero-order valence-electron chi connectivity index (χ0n) is 24.9. The molecule has 12 heteroatoms. The number of nitrogens with zero attached hydrogens (tertiary/aromatic N) is 4. The summed E-state index contributed by atoms with van der Waals surface area (Å²) in [5.74, 6) is -1.75. The summed E-state index contributed by atoms with van der Waals surface area (Å²) in [4.78, 5) is 66.8. The van der Waals surface area contributed by atoms with Gasteiger partial charge in [-0.15, -0.1) is 11.3 Å². The fourth-order valence-electron chi connectivity index (χ4n) is 4.96. The molecular weight excluding hydrogens is 568 g/mol. The van der Waals surface area contributed by atoms with E-state index in [1.54, 1.807) is 30.9 Å².